The minimum atomic E-state index is -0.364. The maximum absolute atomic E-state index is 11.4. The zero-order chi connectivity index (χ0) is 16.5. The molecule has 3 nitrogen and oxygen atoms in total. The molecular formula is C19H36O3. The van der Waals surface area contributed by atoms with Crippen molar-refractivity contribution < 1.29 is 14.6 Å². The molecular weight excluding hydrogens is 276 g/mol. The molecule has 0 saturated heterocycles. The van der Waals surface area contributed by atoms with Gasteiger partial charge in [0.1, 0.15) is 6.61 Å². The highest BCUT2D eigenvalue weighted by Gasteiger charge is 2.07. The third-order valence-corrected chi connectivity index (χ3v) is 3.95. The summed E-state index contributed by atoms with van der Waals surface area (Å²) in [4.78, 5) is 11.4. The standard InChI is InChI=1S/C19H36O3/c1-3-4-5-6-7-8-9-10-11-12-13-14-15-18(2)19(21)22-17-16-20/h20H,2-17H2,1H3. The van der Waals surface area contributed by atoms with Gasteiger partial charge >= 0.3 is 5.97 Å². The van der Waals surface area contributed by atoms with Crippen molar-refractivity contribution in [3.8, 4) is 0 Å². The molecule has 3 heteroatoms. The molecule has 0 aromatic heterocycles. The number of unbranched alkanes of at least 4 members (excludes halogenated alkanes) is 11. The Morgan fingerprint density at radius 3 is 1.77 bits per heavy atom. The van der Waals surface area contributed by atoms with E-state index in [1.54, 1.807) is 0 Å². The first-order valence-electron chi connectivity index (χ1n) is 9.18. The molecule has 0 atom stereocenters. The first-order valence-corrected chi connectivity index (χ1v) is 9.18. The number of carbonyl (C=O) groups is 1. The van der Waals surface area contributed by atoms with E-state index >= 15 is 0 Å². The largest absolute Gasteiger partial charge is 0.460 e. The second kappa shape index (κ2) is 16.5. The number of aliphatic hydroxyl groups excluding tert-OH is 1. The van der Waals surface area contributed by atoms with E-state index in [4.69, 9.17) is 9.84 Å². The van der Waals surface area contributed by atoms with E-state index in [2.05, 4.69) is 13.5 Å². The van der Waals surface area contributed by atoms with Gasteiger partial charge in [-0.2, -0.15) is 0 Å². The van der Waals surface area contributed by atoms with E-state index in [9.17, 15) is 4.79 Å². The van der Waals surface area contributed by atoms with Crippen LogP contribution in [0.2, 0.25) is 0 Å². The number of esters is 1. The van der Waals surface area contributed by atoms with Gasteiger partial charge in [-0.05, 0) is 12.8 Å². The summed E-state index contributed by atoms with van der Waals surface area (Å²) in [7, 11) is 0. The predicted octanol–water partition coefficient (Wildman–Crippen LogP) is 5.17. The summed E-state index contributed by atoms with van der Waals surface area (Å²) < 4.78 is 4.82. The molecule has 0 aromatic rings. The van der Waals surface area contributed by atoms with Crippen LogP contribution in [-0.4, -0.2) is 24.3 Å². The van der Waals surface area contributed by atoms with Crippen LogP contribution in [0.4, 0.5) is 0 Å². The van der Waals surface area contributed by atoms with Crippen LogP contribution in [0.3, 0.4) is 0 Å². The van der Waals surface area contributed by atoms with Crippen molar-refractivity contribution in [2.24, 2.45) is 0 Å². The van der Waals surface area contributed by atoms with Gasteiger partial charge in [0.2, 0.25) is 0 Å². The van der Waals surface area contributed by atoms with Gasteiger partial charge in [0, 0.05) is 5.57 Å². The molecule has 0 aliphatic heterocycles. The fourth-order valence-corrected chi connectivity index (χ4v) is 2.52. The van der Waals surface area contributed by atoms with E-state index in [0.29, 0.717) is 12.0 Å². The van der Waals surface area contributed by atoms with Crippen LogP contribution in [0.5, 0.6) is 0 Å². The fourth-order valence-electron chi connectivity index (χ4n) is 2.52. The Labute approximate surface area is 137 Å². The summed E-state index contributed by atoms with van der Waals surface area (Å²) in [6.45, 7) is 5.94. The molecule has 22 heavy (non-hydrogen) atoms. The number of rotatable bonds is 16. The van der Waals surface area contributed by atoms with Crippen molar-refractivity contribution in [1.29, 1.82) is 0 Å². The number of carbonyl (C=O) groups excluding carboxylic acids is 1. The van der Waals surface area contributed by atoms with Gasteiger partial charge in [-0.15, -0.1) is 0 Å². The lowest BCUT2D eigenvalue weighted by Crippen LogP contribution is -2.10. The maximum Gasteiger partial charge on any atom is 0.333 e. The Hall–Kier alpha value is -0.830. The topological polar surface area (TPSA) is 46.5 Å². The third-order valence-electron chi connectivity index (χ3n) is 3.95. The van der Waals surface area contributed by atoms with Gasteiger partial charge in [-0.3, -0.25) is 0 Å². The first kappa shape index (κ1) is 21.2. The summed E-state index contributed by atoms with van der Waals surface area (Å²) in [6, 6.07) is 0. The van der Waals surface area contributed by atoms with Crippen molar-refractivity contribution in [2.45, 2.75) is 90.4 Å². The monoisotopic (exact) mass is 312 g/mol. The Morgan fingerprint density at radius 1 is 0.864 bits per heavy atom. The number of hydrogen-bond acceptors (Lipinski definition) is 3. The molecule has 0 aromatic carbocycles. The van der Waals surface area contributed by atoms with Gasteiger partial charge in [0.15, 0.2) is 0 Å². The highest BCUT2D eigenvalue weighted by molar-refractivity contribution is 5.87. The molecule has 0 rings (SSSR count). The van der Waals surface area contributed by atoms with Crippen LogP contribution in [-0.2, 0) is 9.53 Å². The van der Waals surface area contributed by atoms with Gasteiger partial charge in [0.05, 0.1) is 6.61 Å². The van der Waals surface area contributed by atoms with Crippen LogP contribution in [0.15, 0.2) is 12.2 Å². The Bertz CT molecular complexity index is 274. The van der Waals surface area contributed by atoms with Crippen molar-refractivity contribution in [1.82, 2.24) is 0 Å². The van der Waals surface area contributed by atoms with E-state index in [0.717, 1.165) is 12.8 Å². The normalized spacial score (nSPS) is 10.6. The van der Waals surface area contributed by atoms with Crippen molar-refractivity contribution in [3.05, 3.63) is 12.2 Å². The van der Waals surface area contributed by atoms with Crippen LogP contribution in [0.25, 0.3) is 0 Å². The zero-order valence-corrected chi connectivity index (χ0v) is 14.6. The molecule has 0 aliphatic rings. The van der Waals surface area contributed by atoms with Crippen molar-refractivity contribution in [3.63, 3.8) is 0 Å². The summed E-state index contributed by atoms with van der Waals surface area (Å²) in [5.74, 6) is -0.364. The predicted molar refractivity (Wildman–Crippen MR) is 92.9 cm³/mol. The molecule has 130 valence electrons. The number of hydrogen-bond donors (Lipinski definition) is 1. The van der Waals surface area contributed by atoms with Crippen molar-refractivity contribution in [2.75, 3.05) is 13.2 Å². The average molecular weight is 312 g/mol. The molecule has 0 fully saturated rings. The minimum absolute atomic E-state index is 0.0658. The fraction of sp³-hybridized carbons (Fsp3) is 0.842. The quantitative estimate of drug-likeness (QED) is 0.243. The maximum atomic E-state index is 11.4. The Kier molecular flexibility index (Phi) is 15.9. The van der Waals surface area contributed by atoms with Crippen molar-refractivity contribution >= 4 is 5.97 Å². The molecule has 0 heterocycles. The molecule has 0 saturated carbocycles. The van der Waals surface area contributed by atoms with Gasteiger partial charge in [0.25, 0.3) is 0 Å². The van der Waals surface area contributed by atoms with Gasteiger partial charge < -0.3 is 9.84 Å². The highest BCUT2D eigenvalue weighted by atomic mass is 16.5. The van der Waals surface area contributed by atoms with Gasteiger partial charge in [-0.1, -0.05) is 84.1 Å². The van der Waals surface area contributed by atoms with E-state index in [1.807, 2.05) is 0 Å². The van der Waals surface area contributed by atoms with Crippen LogP contribution in [0.1, 0.15) is 90.4 Å². The SMILES string of the molecule is C=C(CCCCCCCCCCCCCC)C(=O)OCCO. The second-order valence-corrected chi connectivity index (χ2v) is 6.10. The van der Waals surface area contributed by atoms with Crippen LogP contribution >= 0.6 is 0 Å². The molecule has 1 N–H and O–H groups in total. The van der Waals surface area contributed by atoms with E-state index in [-0.39, 0.29) is 19.2 Å². The molecule has 0 spiro atoms. The van der Waals surface area contributed by atoms with Crippen LogP contribution < -0.4 is 0 Å². The number of ether oxygens (including phenoxy) is 1. The molecule has 0 radical (unpaired) electrons. The summed E-state index contributed by atoms with van der Waals surface area (Å²) in [6.07, 6.45) is 16.4. The lowest BCUT2D eigenvalue weighted by molar-refractivity contribution is -0.140. The third kappa shape index (κ3) is 14.1. The zero-order valence-electron chi connectivity index (χ0n) is 14.6. The summed E-state index contributed by atoms with van der Waals surface area (Å²) in [5, 5.41) is 8.58. The lowest BCUT2D eigenvalue weighted by atomic mass is 10.0. The number of aliphatic hydroxyl groups is 1. The Morgan fingerprint density at radius 2 is 1.32 bits per heavy atom. The van der Waals surface area contributed by atoms with Gasteiger partial charge in [-0.25, -0.2) is 4.79 Å². The summed E-state index contributed by atoms with van der Waals surface area (Å²) in [5.41, 5.74) is 0.528. The van der Waals surface area contributed by atoms with Crippen LogP contribution in [0, 0.1) is 0 Å². The highest BCUT2D eigenvalue weighted by Crippen LogP contribution is 2.14. The minimum Gasteiger partial charge on any atom is -0.460 e. The molecule has 0 unspecified atom stereocenters. The molecule has 0 bridgehead atoms. The first-order chi connectivity index (χ1) is 10.7. The second-order valence-electron chi connectivity index (χ2n) is 6.10. The lowest BCUT2D eigenvalue weighted by Gasteiger charge is -2.06. The van der Waals surface area contributed by atoms with E-state index < -0.39 is 0 Å². The average Bonchev–Trinajstić information content (AvgIpc) is 2.53. The molecule has 0 aliphatic carbocycles. The Balaban J connectivity index is 3.23. The summed E-state index contributed by atoms with van der Waals surface area (Å²) >= 11 is 0. The smallest absolute Gasteiger partial charge is 0.333 e. The molecule has 0 amide bonds. The van der Waals surface area contributed by atoms with E-state index in [1.165, 1.54) is 64.2 Å².